The van der Waals surface area contributed by atoms with Gasteiger partial charge in [0.2, 0.25) is 0 Å². The van der Waals surface area contributed by atoms with Gasteiger partial charge in [-0.1, -0.05) is 0 Å². The van der Waals surface area contributed by atoms with Crippen LogP contribution in [0.2, 0.25) is 0 Å². The zero-order chi connectivity index (χ0) is 11.6. The number of aliphatic carboxylic acids is 1. The molecule has 0 aliphatic carbocycles. The van der Waals surface area contributed by atoms with Crippen LogP contribution in [0.1, 0.15) is 11.6 Å². The van der Waals surface area contributed by atoms with E-state index in [9.17, 15) is 19.3 Å². The van der Waals surface area contributed by atoms with Crippen LogP contribution >= 0.6 is 0 Å². The Kier molecular flexibility index (Phi) is 2.96. The van der Waals surface area contributed by atoms with E-state index in [2.05, 4.69) is 0 Å². The SMILES string of the molecule is N[C@@H](C(=O)O)c1cc([N+](=O)[O-])ccc1F. The van der Waals surface area contributed by atoms with Gasteiger partial charge in [-0.2, -0.15) is 0 Å². The highest BCUT2D eigenvalue weighted by Crippen LogP contribution is 2.21. The molecule has 0 saturated heterocycles. The molecule has 3 N–H and O–H groups in total. The van der Waals surface area contributed by atoms with Crippen LogP contribution in [0.4, 0.5) is 10.1 Å². The first kappa shape index (κ1) is 11.1. The molecule has 1 rings (SSSR count). The molecule has 0 aromatic heterocycles. The summed E-state index contributed by atoms with van der Waals surface area (Å²) in [5, 5.41) is 18.9. The maximum atomic E-state index is 13.1. The summed E-state index contributed by atoms with van der Waals surface area (Å²) in [6.45, 7) is 0. The number of nitro benzene ring substituents is 1. The van der Waals surface area contributed by atoms with Gasteiger partial charge >= 0.3 is 5.97 Å². The van der Waals surface area contributed by atoms with Gasteiger partial charge in [-0.05, 0) is 6.07 Å². The fourth-order valence-electron chi connectivity index (χ4n) is 1.02. The van der Waals surface area contributed by atoms with Gasteiger partial charge in [0.1, 0.15) is 11.9 Å². The van der Waals surface area contributed by atoms with E-state index < -0.39 is 34.0 Å². The van der Waals surface area contributed by atoms with Gasteiger partial charge in [-0.15, -0.1) is 0 Å². The number of non-ortho nitro benzene ring substituents is 1. The Morgan fingerprint density at radius 3 is 2.67 bits per heavy atom. The van der Waals surface area contributed by atoms with E-state index >= 15 is 0 Å². The van der Waals surface area contributed by atoms with Crippen molar-refractivity contribution in [2.75, 3.05) is 0 Å². The van der Waals surface area contributed by atoms with Gasteiger partial charge in [-0.3, -0.25) is 14.9 Å². The van der Waals surface area contributed by atoms with Crippen molar-refractivity contribution in [3.8, 4) is 0 Å². The highest BCUT2D eigenvalue weighted by Gasteiger charge is 2.21. The van der Waals surface area contributed by atoms with E-state index in [0.29, 0.717) is 0 Å². The summed E-state index contributed by atoms with van der Waals surface area (Å²) in [6, 6.07) is 0.961. The summed E-state index contributed by atoms with van der Waals surface area (Å²) in [5.41, 5.74) is 4.34. The smallest absolute Gasteiger partial charge is 0.325 e. The lowest BCUT2D eigenvalue weighted by Gasteiger charge is -2.07. The molecule has 0 saturated carbocycles. The molecule has 1 aromatic carbocycles. The number of hydrogen-bond donors (Lipinski definition) is 2. The van der Waals surface area contributed by atoms with Gasteiger partial charge in [0.25, 0.3) is 5.69 Å². The normalized spacial score (nSPS) is 12.1. The lowest BCUT2D eigenvalue weighted by atomic mass is 10.1. The second-order valence-electron chi connectivity index (χ2n) is 2.78. The van der Waals surface area contributed by atoms with Crippen molar-refractivity contribution in [2.24, 2.45) is 5.73 Å². The van der Waals surface area contributed by atoms with Crippen molar-refractivity contribution < 1.29 is 19.2 Å². The fourth-order valence-corrected chi connectivity index (χ4v) is 1.02. The molecule has 0 unspecified atom stereocenters. The van der Waals surface area contributed by atoms with E-state index in [4.69, 9.17) is 10.8 Å². The summed E-state index contributed by atoms with van der Waals surface area (Å²) < 4.78 is 13.1. The van der Waals surface area contributed by atoms with Crippen molar-refractivity contribution >= 4 is 11.7 Å². The summed E-state index contributed by atoms with van der Waals surface area (Å²) in [7, 11) is 0. The van der Waals surface area contributed by atoms with Crippen molar-refractivity contribution in [2.45, 2.75) is 6.04 Å². The van der Waals surface area contributed by atoms with E-state index in [1.807, 2.05) is 0 Å². The molecule has 0 bridgehead atoms. The standard InChI is InChI=1S/C8H7FN2O4/c9-6-2-1-4(11(14)15)3-5(6)7(10)8(12)13/h1-3,7H,10H2,(H,12,13)/t7-/m1/s1. The van der Waals surface area contributed by atoms with Gasteiger partial charge < -0.3 is 10.8 Å². The maximum Gasteiger partial charge on any atom is 0.325 e. The van der Waals surface area contributed by atoms with Crippen LogP contribution in [0.5, 0.6) is 0 Å². The second kappa shape index (κ2) is 4.01. The van der Waals surface area contributed by atoms with Crippen molar-refractivity contribution in [1.29, 1.82) is 0 Å². The Labute approximate surface area is 83.3 Å². The molecule has 0 aliphatic rings. The van der Waals surface area contributed by atoms with Crippen molar-refractivity contribution in [3.63, 3.8) is 0 Å². The van der Waals surface area contributed by atoms with E-state index in [1.165, 1.54) is 0 Å². The first-order valence-electron chi connectivity index (χ1n) is 3.85. The van der Waals surface area contributed by atoms with Crippen LogP contribution in [0.3, 0.4) is 0 Å². The van der Waals surface area contributed by atoms with Gasteiger partial charge in [0, 0.05) is 17.7 Å². The van der Waals surface area contributed by atoms with Crippen LogP contribution in [0.15, 0.2) is 18.2 Å². The van der Waals surface area contributed by atoms with Gasteiger partial charge in [-0.25, -0.2) is 4.39 Å². The first-order chi connectivity index (χ1) is 6.93. The lowest BCUT2D eigenvalue weighted by molar-refractivity contribution is -0.385. The topological polar surface area (TPSA) is 106 Å². The van der Waals surface area contributed by atoms with Gasteiger partial charge in [0.15, 0.2) is 0 Å². The summed E-state index contributed by atoms with van der Waals surface area (Å²) >= 11 is 0. The number of carboxylic acid groups (broad SMARTS) is 1. The number of nitrogens with zero attached hydrogens (tertiary/aromatic N) is 1. The number of carbonyl (C=O) groups is 1. The van der Waals surface area contributed by atoms with Crippen LogP contribution in [0, 0.1) is 15.9 Å². The molecule has 0 spiro atoms. The first-order valence-corrected chi connectivity index (χ1v) is 3.85. The van der Waals surface area contributed by atoms with E-state index in [-0.39, 0.29) is 0 Å². The second-order valence-corrected chi connectivity index (χ2v) is 2.78. The fraction of sp³-hybridized carbons (Fsp3) is 0.125. The Morgan fingerprint density at radius 2 is 2.20 bits per heavy atom. The van der Waals surface area contributed by atoms with Crippen molar-refractivity contribution in [1.82, 2.24) is 0 Å². The predicted octanol–water partition coefficient (Wildman–Crippen LogP) is 0.818. The van der Waals surface area contributed by atoms with Crippen LogP contribution in [0.25, 0.3) is 0 Å². The molecule has 0 aliphatic heterocycles. The van der Waals surface area contributed by atoms with E-state index in [0.717, 1.165) is 18.2 Å². The molecular formula is C8H7FN2O4. The predicted molar refractivity (Wildman–Crippen MR) is 47.6 cm³/mol. The quantitative estimate of drug-likeness (QED) is 0.572. The molecule has 1 atom stereocenters. The number of rotatable bonds is 3. The number of halogens is 1. The third kappa shape index (κ3) is 2.26. The van der Waals surface area contributed by atoms with E-state index in [1.54, 1.807) is 0 Å². The molecule has 15 heavy (non-hydrogen) atoms. The molecule has 7 heteroatoms. The zero-order valence-electron chi connectivity index (χ0n) is 7.38. The molecule has 0 radical (unpaired) electrons. The summed E-state index contributed by atoms with van der Waals surface area (Å²) in [4.78, 5) is 20.1. The number of nitrogens with two attached hydrogens (primary N) is 1. The lowest BCUT2D eigenvalue weighted by Crippen LogP contribution is -2.21. The summed E-state index contributed by atoms with van der Waals surface area (Å²) in [6.07, 6.45) is 0. The molecule has 1 aromatic rings. The Hall–Kier alpha value is -2.02. The Morgan fingerprint density at radius 1 is 1.60 bits per heavy atom. The third-order valence-corrected chi connectivity index (χ3v) is 1.79. The molecule has 0 heterocycles. The molecule has 0 fully saturated rings. The maximum absolute atomic E-state index is 13.1. The minimum Gasteiger partial charge on any atom is -0.480 e. The Bertz CT molecular complexity index is 421. The Balaban J connectivity index is 3.22. The highest BCUT2D eigenvalue weighted by atomic mass is 19.1. The third-order valence-electron chi connectivity index (χ3n) is 1.79. The van der Waals surface area contributed by atoms with Gasteiger partial charge in [0.05, 0.1) is 4.92 Å². The number of benzene rings is 1. The average Bonchev–Trinajstić information content (AvgIpc) is 2.16. The monoisotopic (exact) mass is 214 g/mol. The number of hydrogen-bond acceptors (Lipinski definition) is 4. The average molecular weight is 214 g/mol. The van der Waals surface area contributed by atoms with Crippen LogP contribution < -0.4 is 5.73 Å². The molecule has 80 valence electrons. The highest BCUT2D eigenvalue weighted by molar-refractivity contribution is 5.75. The number of nitro groups is 1. The van der Waals surface area contributed by atoms with Crippen LogP contribution in [-0.2, 0) is 4.79 Å². The zero-order valence-corrected chi connectivity index (χ0v) is 7.38. The van der Waals surface area contributed by atoms with Crippen LogP contribution in [-0.4, -0.2) is 16.0 Å². The molecule has 0 amide bonds. The molecule has 6 nitrogen and oxygen atoms in total. The minimum absolute atomic E-state index is 0.400. The largest absolute Gasteiger partial charge is 0.480 e. The summed E-state index contributed by atoms with van der Waals surface area (Å²) in [5.74, 6) is -2.33. The minimum atomic E-state index is -1.61. The van der Waals surface area contributed by atoms with Crippen molar-refractivity contribution in [3.05, 3.63) is 39.7 Å². The molecular weight excluding hydrogens is 207 g/mol. The number of carboxylic acids is 1.